The third-order valence-corrected chi connectivity index (χ3v) is 16.3. The van der Waals surface area contributed by atoms with E-state index in [0.717, 1.165) is 5.69 Å². The van der Waals surface area contributed by atoms with Gasteiger partial charge in [-0.1, -0.05) is 173 Å². The van der Waals surface area contributed by atoms with Gasteiger partial charge in [-0.3, -0.25) is 0 Å². The fraction of sp³-hybridized carbons (Fsp3) is 0.0909. The maximum atomic E-state index is 2.53. The molecule has 0 unspecified atom stereocenters. The molecule has 0 atom stereocenters. The fourth-order valence-corrected chi connectivity index (χ4v) is 13.0. The van der Waals surface area contributed by atoms with Crippen LogP contribution in [-0.2, 0) is 10.8 Å². The van der Waals surface area contributed by atoms with Crippen molar-refractivity contribution in [3.8, 4) is 44.8 Å². The Balaban J connectivity index is 0.917. The summed E-state index contributed by atoms with van der Waals surface area (Å²) in [5.41, 5.74) is 20.4. The van der Waals surface area contributed by atoms with E-state index in [9.17, 15) is 0 Å². The highest BCUT2D eigenvalue weighted by Crippen LogP contribution is 2.53. The zero-order valence-corrected chi connectivity index (χ0v) is 38.5. The van der Waals surface area contributed by atoms with Gasteiger partial charge in [-0.25, -0.2) is 0 Å². The monoisotopic (exact) mass is 866 g/mol. The van der Waals surface area contributed by atoms with Crippen LogP contribution < -0.4 is 0 Å². The van der Waals surface area contributed by atoms with Crippen molar-refractivity contribution in [2.75, 3.05) is 0 Å². The average Bonchev–Trinajstić information content (AvgIpc) is 4.04. The maximum absolute atomic E-state index is 2.53. The summed E-state index contributed by atoms with van der Waals surface area (Å²) in [6.45, 7) is 9.51. The lowest BCUT2D eigenvalue weighted by molar-refractivity contribution is 0.660. The van der Waals surface area contributed by atoms with Crippen LogP contribution in [0.25, 0.3) is 121 Å². The van der Waals surface area contributed by atoms with Crippen molar-refractivity contribution in [1.82, 2.24) is 9.13 Å². The molecule has 320 valence electrons. The van der Waals surface area contributed by atoms with Gasteiger partial charge in [0.05, 0.1) is 22.1 Å². The number of para-hydroxylation sites is 1. The third kappa shape index (κ3) is 4.86. The van der Waals surface area contributed by atoms with Gasteiger partial charge >= 0.3 is 0 Å². The van der Waals surface area contributed by atoms with Gasteiger partial charge in [0.25, 0.3) is 0 Å². The van der Waals surface area contributed by atoms with E-state index in [1.807, 2.05) is 0 Å². The number of hydrogen-bond acceptors (Lipinski definition) is 0. The van der Waals surface area contributed by atoms with Crippen molar-refractivity contribution in [1.29, 1.82) is 0 Å². The first-order valence-corrected chi connectivity index (χ1v) is 24.1. The van der Waals surface area contributed by atoms with Crippen LogP contribution in [0.2, 0.25) is 0 Å². The SMILES string of the molecule is CC1(C)c2ccccc2-c2ccc(-n3c4ccccc4c4cc(-c5ccc(-n6c7cc8c(cc7c7c9c%10ccccc%10c%10ccccc%10c9ccc76)-c6ccccc6C8(C)C)cc5)ccc43)cc21. The Kier molecular flexibility index (Phi) is 7.39. The predicted octanol–water partition coefficient (Wildman–Crippen LogP) is 17.6. The minimum absolute atomic E-state index is 0.0706. The topological polar surface area (TPSA) is 9.86 Å². The summed E-state index contributed by atoms with van der Waals surface area (Å²) in [4.78, 5) is 0. The van der Waals surface area contributed by atoms with E-state index in [-0.39, 0.29) is 10.8 Å². The Labute approximate surface area is 395 Å². The average molecular weight is 867 g/mol. The lowest BCUT2D eigenvalue weighted by atomic mass is 9.82. The molecule has 0 aliphatic heterocycles. The third-order valence-electron chi connectivity index (χ3n) is 16.3. The van der Waals surface area contributed by atoms with E-state index >= 15 is 0 Å². The number of rotatable bonds is 3. The van der Waals surface area contributed by atoms with Crippen LogP contribution in [0.1, 0.15) is 49.9 Å². The molecule has 0 fully saturated rings. The quantitative estimate of drug-likeness (QED) is 0.157. The molecule has 0 amide bonds. The van der Waals surface area contributed by atoms with Gasteiger partial charge in [0.15, 0.2) is 0 Å². The molecule has 0 spiro atoms. The van der Waals surface area contributed by atoms with Crippen LogP contribution in [-0.4, -0.2) is 9.13 Å². The van der Waals surface area contributed by atoms with Crippen LogP contribution in [0.3, 0.4) is 0 Å². The molecule has 13 aromatic rings. The van der Waals surface area contributed by atoms with Crippen LogP contribution in [0.5, 0.6) is 0 Å². The Morgan fingerprint density at radius 3 is 1.49 bits per heavy atom. The second-order valence-electron chi connectivity index (χ2n) is 20.4. The smallest absolute Gasteiger partial charge is 0.0547 e. The van der Waals surface area contributed by atoms with E-state index in [1.54, 1.807) is 0 Å². The van der Waals surface area contributed by atoms with Gasteiger partial charge in [-0.2, -0.15) is 0 Å². The summed E-state index contributed by atoms with van der Waals surface area (Å²) in [6, 6.07) is 78.0. The molecule has 2 heterocycles. The Bertz CT molecular complexity index is 4330. The normalized spacial score (nSPS) is 14.4. The Morgan fingerprint density at radius 2 is 0.765 bits per heavy atom. The van der Waals surface area contributed by atoms with Crippen LogP contribution >= 0.6 is 0 Å². The number of fused-ring (bicyclic) bond motifs is 19. The molecule has 0 saturated heterocycles. The maximum Gasteiger partial charge on any atom is 0.0547 e. The van der Waals surface area contributed by atoms with Crippen LogP contribution in [0.15, 0.2) is 206 Å². The summed E-state index contributed by atoms with van der Waals surface area (Å²) in [7, 11) is 0. The molecule has 68 heavy (non-hydrogen) atoms. The molecule has 2 aliphatic rings. The Hall–Kier alpha value is -8.20. The highest BCUT2D eigenvalue weighted by Gasteiger charge is 2.37. The molecule has 2 aromatic heterocycles. The van der Waals surface area contributed by atoms with Crippen molar-refractivity contribution in [2.24, 2.45) is 0 Å². The number of benzene rings is 11. The van der Waals surface area contributed by atoms with E-state index in [4.69, 9.17) is 0 Å². The van der Waals surface area contributed by atoms with Crippen molar-refractivity contribution < 1.29 is 0 Å². The van der Waals surface area contributed by atoms with Crippen molar-refractivity contribution in [3.63, 3.8) is 0 Å². The minimum Gasteiger partial charge on any atom is -0.309 e. The van der Waals surface area contributed by atoms with Crippen molar-refractivity contribution >= 4 is 75.9 Å². The van der Waals surface area contributed by atoms with Gasteiger partial charge in [-0.15, -0.1) is 0 Å². The number of hydrogen-bond donors (Lipinski definition) is 0. The van der Waals surface area contributed by atoms with Gasteiger partial charge < -0.3 is 9.13 Å². The largest absolute Gasteiger partial charge is 0.309 e. The molecule has 0 N–H and O–H groups in total. The zero-order chi connectivity index (χ0) is 45.2. The van der Waals surface area contributed by atoms with Crippen molar-refractivity contribution in [2.45, 2.75) is 38.5 Å². The summed E-state index contributed by atoms with van der Waals surface area (Å²) in [5, 5.41) is 12.9. The molecule has 11 aromatic carbocycles. The van der Waals surface area contributed by atoms with Crippen LogP contribution in [0.4, 0.5) is 0 Å². The summed E-state index contributed by atoms with van der Waals surface area (Å²) >= 11 is 0. The second-order valence-corrected chi connectivity index (χ2v) is 20.4. The van der Waals surface area contributed by atoms with Gasteiger partial charge in [-0.05, 0) is 143 Å². The van der Waals surface area contributed by atoms with Gasteiger partial charge in [0.1, 0.15) is 0 Å². The summed E-state index contributed by atoms with van der Waals surface area (Å²) in [6.07, 6.45) is 0. The molecule has 0 bridgehead atoms. The standard InChI is InChI=1S/C66H46N2/c1-65(2)55-22-12-9-18-46(55)48-31-30-42(36-57(48)65)68-59-24-14-11-20-49(59)53-35-40(27-33-60(53)68)39-25-28-41(29-26-39)67-61-34-32-51-45-17-6-5-15-43(45)44-16-7-8-21-50(44)63(51)64(61)54-37-52-47-19-10-13-23-56(47)66(3,4)58(52)38-62(54)67/h5-38H,1-4H3. The van der Waals surface area contributed by atoms with Gasteiger partial charge in [0.2, 0.25) is 0 Å². The van der Waals surface area contributed by atoms with E-state index in [0.29, 0.717) is 0 Å². The van der Waals surface area contributed by atoms with Gasteiger partial charge in [0, 0.05) is 49.1 Å². The van der Waals surface area contributed by atoms with Crippen LogP contribution in [0, 0.1) is 0 Å². The minimum atomic E-state index is -0.124. The summed E-state index contributed by atoms with van der Waals surface area (Å²) < 4.78 is 5.00. The highest BCUT2D eigenvalue weighted by atomic mass is 15.0. The van der Waals surface area contributed by atoms with Crippen molar-refractivity contribution in [3.05, 3.63) is 229 Å². The predicted molar refractivity (Wildman–Crippen MR) is 288 cm³/mol. The fourth-order valence-electron chi connectivity index (χ4n) is 13.0. The van der Waals surface area contributed by atoms with E-state index in [2.05, 4.69) is 243 Å². The molecule has 2 aliphatic carbocycles. The first-order valence-electron chi connectivity index (χ1n) is 24.1. The summed E-state index contributed by atoms with van der Waals surface area (Å²) in [5.74, 6) is 0. The Morgan fingerprint density at radius 1 is 0.265 bits per heavy atom. The van der Waals surface area contributed by atoms with E-state index < -0.39 is 0 Å². The molecule has 0 saturated carbocycles. The molecule has 0 radical (unpaired) electrons. The highest BCUT2D eigenvalue weighted by molar-refractivity contribution is 6.35. The lowest BCUT2D eigenvalue weighted by Gasteiger charge is -2.22. The number of nitrogens with zero attached hydrogens (tertiary/aromatic N) is 2. The first-order chi connectivity index (χ1) is 33.3. The molecule has 2 heteroatoms. The number of aromatic nitrogens is 2. The lowest BCUT2D eigenvalue weighted by Crippen LogP contribution is -2.15. The molecular formula is C66H46N2. The second kappa shape index (κ2) is 13.2. The van der Waals surface area contributed by atoms with E-state index in [1.165, 1.54) is 137 Å². The molecule has 15 rings (SSSR count). The molecule has 2 nitrogen and oxygen atoms in total. The first kappa shape index (κ1) is 38.0. The molecular weight excluding hydrogens is 821 g/mol. The zero-order valence-electron chi connectivity index (χ0n) is 38.5.